The maximum absolute atomic E-state index is 10.5. The van der Waals surface area contributed by atoms with E-state index in [0.29, 0.717) is 0 Å². The summed E-state index contributed by atoms with van der Waals surface area (Å²) in [6.07, 6.45) is 15.0. The number of aliphatic carboxylic acids is 2. The third-order valence-electron chi connectivity index (χ3n) is 4.26. The molecule has 0 heterocycles. The summed E-state index contributed by atoms with van der Waals surface area (Å²) in [7, 11) is 0. The van der Waals surface area contributed by atoms with Crippen LogP contribution in [0.3, 0.4) is 0 Å². The fourth-order valence-corrected chi connectivity index (χ4v) is 2.88. The zero-order valence-electron chi connectivity index (χ0n) is 17.0. The van der Waals surface area contributed by atoms with Gasteiger partial charge >= 0.3 is 11.9 Å². The van der Waals surface area contributed by atoms with Gasteiger partial charge in [0.15, 0.2) is 0 Å². The predicted molar refractivity (Wildman–Crippen MR) is 108 cm³/mol. The standard InChI is InChI=1S/C20H28O2.C2H4O3/c1-15(8-6-9-16(2)14-19(21)22)11-12-18-17(3)10-7-13-20(18,4)5;3-1-2(4)5/h6,8-9,11-12,14H,7,10,13H2,1-5H3,(H,21,22);3H,1H2,(H,4,5)/b9-6+,12-11+,15-8+,16-14+;. The highest BCUT2D eigenvalue weighted by Gasteiger charge is 2.26. The molecule has 27 heavy (non-hydrogen) atoms. The number of hydrogen-bond acceptors (Lipinski definition) is 3. The lowest BCUT2D eigenvalue weighted by molar-refractivity contribution is -0.140. The van der Waals surface area contributed by atoms with E-state index >= 15 is 0 Å². The van der Waals surface area contributed by atoms with Crippen LogP contribution in [0.25, 0.3) is 0 Å². The van der Waals surface area contributed by atoms with Crippen molar-refractivity contribution in [3.05, 3.63) is 58.7 Å². The Morgan fingerprint density at radius 3 is 2.19 bits per heavy atom. The van der Waals surface area contributed by atoms with Gasteiger partial charge in [0.05, 0.1) is 0 Å². The Bertz CT molecular complexity index is 673. The smallest absolute Gasteiger partial charge is 0.329 e. The second-order valence-electron chi connectivity index (χ2n) is 7.31. The van der Waals surface area contributed by atoms with Gasteiger partial charge in [-0.3, -0.25) is 0 Å². The minimum Gasteiger partial charge on any atom is -0.480 e. The van der Waals surface area contributed by atoms with E-state index in [1.54, 1.807) is 13.0 Å². The van der Waals surface area contributed by atoms with Crippen molar-refractivity contribution < 1.29 is 24.9 Å². The Morgan fingerprint density at radius 2 is 1.70 bits per heavy atom. The summed E-state index contributed by atoms with van der Waals surface area (Å²) in [6.45, 7) is 9.92. The molecule has 0 bridgehead atoms. The molecule has 5 nitrogen and oxygen atoms in total. The van der Waals surface area contributed by atoms with Crippen LogP contribution >= 0.6 is 0 Å². The summed E-state index contributed by atoms with van der Waals surface area (Å²) < 4.78 is 0. The van der Waals surface area contributed by atoms with Gasteiger partial charge in [-0.05, 0) is 56.6 Å². The molecule has 5 heteroatoms. The highest BCUT2D eigenvalue weighted by molar-refractivity contribution is 5.81. The van der Waals surface area contributed by atoms with Crippen molar-refractivity contribution in [2.75, 3.05) is 6.61 Å². The van der Waals surface area contributed by atoms with Gasteiger partial charge in [-0.25, -0.2) is 9.59 Å². The lowest BCUT2D eigenvalue weighted by atomic mass is 9.72. The van der Waals surface area contributed by atoms with E-state index in [1.165, 1.54) is 36.5 Å². The molecule has 0 aromatic heterocycles. The summed E-state index contributed by atoms with van der Waals surface area (Å²) in [6, 6.07) is 0. The first kappa shape index (κ1) is 24.6. The molecular weight excluding hydrogens is 344 g/mol. The van der Waals surface area contributed by atoms with Gasteiger partial charge in [0.25, 0.3) is 0 Å². The quantitative estimate of drug-likeness (QED) is 0.463. The SMILES string of the molecule is CC1=C(/C=C/C(C)=C/C=C/C(C)=C/C(=O)O)C(C)(C)CCC1.O=C(O)CO. The van der Waals surface area contributed by atoms with Gasteiger partial charge in [0.1, 0.15) is 6.61 Å². The third kappa shape index (κ3) is 11.0. The molecule has 1 aliphatic carbocycles. The molecule has 0 aromatic rings. The second-order valence-corrected chi connectivity index (χ2v) is 7.31. The van der Waals surface area contributed by atoms with Crippen molar-refractivity contribution in [3.63, 3.8) is 0 Å². The summed E-state index contributed by atoms with van der Waals surface area (Å²) in [5, 5.41) is 23.7. The Labute approximate surface area is 162 Å². The fourth-order valence-electron chi connectivity index (χ4n) is 2.88. The summed E-state index contributed by atoms with van der Waals surface area (Å²) in [5.74, 6) is -2.10. The van der Waals surface area contributed by atoms with Crippen LogP contribution in [0, 0.1) is 5.41 Å². The molecule has 0 amide bonds. The molecule has 0 aliphatic heterocycles. The number of allylic oxidation sites excluding steroid dienone is 9. The van der Waals surface area contributed by atoms with Crippen molar-refractivity contribution in [1.82, 2.24) is 0 Å². The van der Waals surface area contributed by atoms with Gasteiger partial charge in [-0.2, -0.15) is 0 Å². The molecule has 0 aromatic carbocycles. The Kier molecular flexibility index (Phi) is 11.0. The van der Waals surface area contributed by atoms with Crippen LogP contribution in [0.4, 0.5) is 0 Å². The first-order chi connectivity index (χ1) is 12.5. The first-order valence-electron chi connectivity index (χ1n) is 8.96. The lowest BCUT2D eigenvalue weighted by Crippen LogP contribution is -2.19. The van der Waals surface area contributed by atoms with Gasteiger partial charge in [-0.15, -0.1) is 0 Å². The monoisotopic (exact) mass is 376 g/mol. The average Bonchev–Trinajstić information content (AvgIpc) is 2.53. The molecule has 1 aliphatic rings. The highest BCUT2D eigenvalue weighted by atomic mass is 16.4. The van der Waals surface area contributed by atoms with E-state index in [-0.39, 0.29) is 5.41 Å². The number of rotatable bonds is 6. The molecule has 1 rings (SSSR count). The maximum Gasteiger partial charge on any atom is 0.329 e. The van der Waals surface area contributed by atoms with E-state index in [0.717, 1.165) is 11.1 Å². The number of carboxylic acids is 2. The summed E-state index contributed by atoms with van der Waals surface area (Å²) in [4.78, 5) is 19.7. The Morgan fingerprint density at radius 1 is 1.11 bits per heavy atom. The number of carbonyl (C=O) groups is 2. The Hall–Kier alpha value is -2.40. The van der Waals surface area contributed by atoms with Gasteiger partial charge < -0.3 is 15.3 Å². The van der Waals surface area contributed by atoms with Crippen molar-refractivity contribution in [2.24, 2.45) is 5.41 Å². The minimum absolute atomic E-state index is 0.260. The summed E-state index contributed by atoms with van der Waals surface area (Å²) in [5.41, 5.74) is 5.09. The maximum atomic E-state index is 10.5. The highest BCUT2D eigenvalue weighted by Crippen LogP contribution is 2.40. The van der Waals surface area contributed by atoms with E-state index in [4.69, 9.17) is 20.1 Å². The average molecular weight is 376 g/mol. The molecule has 0 fully saturated rings. The number of carboxylic acid groups (broad SMARTS) is 2. The molecule has 0 saturated heterocycles. The Balaban J connectivity index is 0.00000119. The van der Waals surface area contributed by atoms with E-state index in [2.05, 4.69) is 39.8 Å². The van der Waals surface area contributed by atoms with Crippen molar-refractivity contribution in [1.29, 1.82) is 0 Å². The van der Waals surface area contributed by atoms with E-state index in [9.17, 15) is 4.79 Å². The van der Waals surface area contributed by atoms with Crippen LogP contribution in [0.5, 0.6) is 0 Å². The van der Waals surface area contributed by atoms with Crippen LogP contribution in [0.1, 0.15) is 53.9 Å². The fraction of sp³-hybridized carbons (Fsp3) is 0.455. The molecule has 0 atom stereocenters. The van der Waals surface area contributed by atoms with E-state index < -0.39 is 18.5 Å². The first-order valence-corrected chi connectivity index (χ1v) is 8.96. The predicted octanol–water partition coefficient (Wildman–Crippen LogP) is 4.67. The summed E-state index contributed by atoms with van der Waals surface area (Å²) >= 11 is 0. The molecular formula is C22H32O5. The topological polar surface area (TPSA) is 94.8 Å². The van der Waals surface area contributed by atoms with Crippen molar-refractivity contribution in [2.45, 2.75) is 53.9 Å². The zero-order chi connectivity index (χ0) is 21.0. The van der Waals surface area contributed by atoms with Crippen LogP contribution in [0.2, 0.25) is 0 Å². The largest absolute Gasteiger partial charge is 0.480 e. The van der Waals surface area contributed by atoms with E-state index in [1.807, 2.05) is 12.2 Å². The number of hydrogen-bond donors (Lipinski definition) is 3. The van der Waals surface area contributed by atoms with Crippen molar-refractivity contribution >= 4 is 11.9 Å². The molecule has 3 N–H and O–H groups in total. The molecule has 0 saturated carbocycles. The lowest BCUT2D eigenvalue weighted by Gasteiger charge is -2.32. The molecule has 0 unspecified atom stereocenters. The molecule has 150 valence electrons. The third-order valence-corrected chi connectivity index (χ3v) is 4.26. The van der Waals surface area contributed by atoms with Crippen LogP contribution < -0.4 is 0 Å². The van der Waals surface area contributed by atoms with Gasteiger partial charge in [0.2, 0.25) is 0 Å². The minimum atomic E-state index is -1.19. The second kappa shape index (κ2) is 12.1. The molecule has 0 radical (unpaired) electrons. The van der Waals surface area contributed by atoms with Crippen LogP contribution in [0.15, 0.2) is 58.7 Å². The van der Waals surface area contributed by atoms with Crippen LogP contribution in [-0.2, 0) is 9.59 Å². The molecule has 0 spiro atoms. The number of aliphatic hydroxyl groups is 1. The zero-order valence-corrected chi connectivity index (χ0v) is 17.0. The van der Waals surface area contributed by atoms with Crippen LogP contribution in [-0.4, -0.2) is 33.9 Å². The normalized spacial score (nSPS) is 17.9. The van der Waals surface area contributed by atoms with Gasteiger partial charge in [-0.1, -0.05) is 55.4 Å². The van der Waals surface area contributed by atoms with Crippen molar-refractivity contribution in [3.8, 4) is 0 Å². The number of aliphatic hydroxyl groups excluding tert-OH is 1. The van der Waals surface area contributed by atoms with Gasteiger partial charge in [0, 0.05) is 6.08 Å².